The van der Waals surface area contributed by atoms with Gasteiger partial charge in [-0.15, -0.1) is 13.2 Å². The van der Waals surface area contributed by atoms with Crippen LogP contribution in [0, 0.1) is 5.82 Å². The number of amides is 1. The Morgan fingerprint density at radius 1 is 1.06 bits per heavy atom. The van der Waals surface area contributed by atoms with Crippen molar-refractivity contribution < 1.29 is 35.5 Å². The second-order valence-corrected chi connectivity index (χ2v) is 8.51. The predicted octanol–water partition coefficient (Wildman–Crippen LogP) is 3.04. The molecular weight excluding hydrogens is 454 g/mol. The summed E-state index contributed by atoms with van der Waals surface area (Å²) >= 11 is 0. The van der Waals surface area contributed by atoms with E-state index in [1.165, 1.54) is 6.07 Å². The summed E-state index contributed by atoms with van der Waals surface area (Å²) in [7, 11) is -2.26. The van der Waals surface area contributed by atoms with Crippen LogP contribution in [0.4, 0.5) is 23.2 Å². The van der Waals surface area contributed by atoms with Gasteiger partial charge in [0.1, 0.15) is 11.6 Å². The van der Waals surface area contributed by atoms with E-state index >= 15 is 0 Å². The molecule has 0 aliphatic carbocycles. The van der Waals surface area contributed by atoms with Gasteiger partial charge in [0.05, 0.1) is 10.6 Å². The van der Waals surface area contributed by atoms with Crippen molar-refractivity contribution in [2.45, 2.75) is 24.1 Å². The average molecular weight is 477 g/mol. The first kappa shape index (κ1) is 25.4. The van der Waals surface area contributed by atoms with Crippen LogP contribution in [0.5, 0.6) is 5.75 Å². The summed E-state index contributed by atoms with van der Waals surface area (Å²) < 4.78 is 80.4. The lowest BCUT2D eigenvalue weighted by Crippen LogP contribution is -2.32. The summed E-state index contributed by atoms with van der Waals surface area (Å²) in [5.41, 5.74) is 0.450. The van der Waals surface area contributed by atoms with E-state index in [2.05, 4.69) is 14.8 Å². The molecule has 0 saturated heterocycles. The molecule has 176 valence electrons. The standard InChI is InChI=1S/C20H23F4N3O4S/c1-27(18-6-3-2-5-17(18)21)14-4-12-25-19(28)11-13-26-32(29,30)16-9-7-15(8-10-16)31-20(22,23)24/h2-3,5-10,26H,4,11-14H2,1H3,(H,25,28). The molecule has 0 bridgehead atoms. The Kier molecular flexibility index (Phi) is 8.84. The van der Waals surface area contributed by atoms with Crippen LogP contribution in [0.3, 0.4) is 0 Å². The van der Waals surface area contributed by atoms with Crippen molar-refractivity contribution in [2.75, 3.05) is 31.6 Å². The molecule has 0 aliphatic rings. The molecule has 0 aromatic heterocycles. The monoisotopic (exact) mass is 477 g/mol. The number of carbonyl (C=O) groups is 1. The molecule has 0 aliphatic heterocycles. The van der Waals surface area contributed by atoms with Gasteiger partial charge in [-0.05, 0) is 42.8 Å². The van der Waals surface area contributed by atoms with Crippen LogP contribution >= 0.6 is 0 Å². The van der Waals surface area contributed by atoms with Crippen LogP contribution in [0.15, 0.2) is 53.4 Å². The van der Waals surface area contributed by atoms with Crippen molar-refractivity contribution in [2.24, 2.45) is 0 Å². The van der Waals surface area contributed by atoms with Crippen LogP contribution in [0.1, 0.15) is 12.8 Å². The van der Waals surface area contributed by atoms with Crippen molar-refractivity contribution in [1.82, 2.24) is 10.0 Å². The van der Waals surface area contributed by atoms with Gasteiger partial charge in [0.15, 0.2) is 0 Å². The zero-order chi connectivity index (χ0) is 23.8. The van der Waals surface area contributed by atoms with Crippen LogP contribution < -0.4 is 19.7 Å². The maximum atomic E-state index is 13.7. The molecule has 2 rings (SSSR count). The summed E-state index contributed by atoms with van der Waals surface area (Å²) in [6.07, 6.45) is -4.45. The number of nitrogens with one attached hydrogen (secondary N) is 2. The zero-order valence-electron chi connectivity index (χ0n) is 17.2. The molecule has 0 heterocycles. The number of nitrogens with zero attached hydrogens (tertiary/aromatic N) is 1. The fraction of sp³-hybridized carbons (Fsp3) is 0.350. The van der Waals surface area contributed by atoms with Crippen molar-refractivity contribution >= 4 is 21.6 Å². The molecule has 7 nitrogen and oxygen atoms in total. The minimum atomic E-state index is -4.88. The van der Waals surface area contributed by atoms with Gasteiger partial charge >= 0.3 is 6.36 Å². The number of hydrogen-bond donors (Lipinski definition) is 2. The predicted molar refractivity (Wildman–Crippen MR) is 110 cm³/mol. The van der Waals surface area contributed by atoms with Gasteiger partial charge < -0.3 is 15.0 Å². The Bertz CT molecular complexity index is 999. The molecule has 0 saturated carbocycles. The summed E-state index contributed by atoms with van der Waals surface area (Å²) in [4.78, 5) is 13.3. The van der Waals surface area contributed by atoms with E-state index in [0.29, 0.717) is 25.2 Å². The highest BCUT2D eigenvalue weighted by molar-refractivity contribution is 7.89. The molecular formula is C20H23F4N3O4S. The van der Waals surface area contributed by atoms with Crippen molar-refractivity contribution in [3.63, 3.8) is 0 Å². The van der Waals surface area contributed by atoms with Crippen molar-refractivity contribution in [3.05, 3.63) is 54.3 Å². The molecule has 0 atom stereocenters. The Hall–Kier alpha value is -2.86. The number of carbonyl (C=O) groups excluding carboxylic acids is 1. The third-order valence-corrected chi connectivity index (χ3v) is 5.74. The largest absolute Gasteiger partial charge is 0.573 e. The minimum absolute atomic E-state index is 0.127. The SMILES string of the molecule is CN(CCCNC(=O)CCNS(=O)(=O)c1ccc(OC(F)(F)F)cc1)c1ccccc1F. The van der Waals surface area contributed by atoms with Crippen LogP contribution in [-0.4, -0.2) is 47.4 Å². The highest BCUT2D eigenvalue weighted by Gasteiger charge is 2.31. The first-order chi connectivity index (χ1) is 15.0. The number of hydrogen-bond acceptors (Lipinski definition) is 5. The Labute approximate surface area is 183 Å². The third-order valence-electron chi connectivity index (χ3n) is 4.27. The number of anilines is 1. The number of rotatable bonds is 11. The maximum absolute atomic E-state index is 13.7. The molecule has 2 N–H and O–H groups in total. The van der Waals surface area contributed by atoms with Crippen LogP contribution in [0.2, 0.25) is 0 Å². The zero-order valence-corrected chi connectivity index (χ0v) is 18.0. The van der Waals surface area contributed by atoms with E-state index in [4.69, 9.17) is 0 Å². The Morgan fingerprint density at radius 3 is 2.34 bits per heavy atom. The summed E-state index contributed by atoms with van der Waals surface area (Å²) in [5.74, 6) is -1.26. The first-order valence-corrected chi connectivity index (χ1v) is 11.0. The maximum Gasteiger partial charge on any atom is 0.573 e. The molecule has 2 aromatic carbocycles. The van der Waals surface area contributed by atoms with Gasteiger partial charge in [0.2, 0.25) is 15.9 Å². The number of sulfonamides is 1. The molecule has 2 aromatic rings. The summed E-state index contributed by atoms with van der Waals surface area (Å²) in [6, 6.07) is 10.0. The van der Waals surface area contributed by atoms with E-state index in [9.17, 15) is 30.8 Å². The van der Waals surface area contributed by atoms with E-state index in [0.717, 1.165) is 24.3 Å². The average Bonchev–Trinajstić information content (AvgIpc) is 2.70. The normalized spacial score (nSPS) is 11.8. The van der Waals surface area contributed by atoms with Gasteiger partial charge in [-0.2, -0.15) is 0 Å². The fourth-order valence-electron chi connectivity index (χ4n) is 2.72. The lowest BCUT2D eigenvalue weighted by Gasteiger charge is -2.19. The number of alkyl halides is 3. The lowest BCUT2D eigenvalue weighted by atomic mass is 10.2. The molecule has 1 amide bonds. The fourth-order valence-corrected chi connectivity index (χ4v) is 3.75. The topological polar surface area (TPSA) is 87.7 Å². The van der Waals surface area contributed by atoms with Crippen molar-refractivity contribution in [3.8, 4) is 5.75 Å². The molecule has 12 heteroatoms. The van der Waals surface area contributed by atoms with Gasteiger partial charge in [0, 0.05) is 33.1 Å². The smallest absolute Gasteiger partial charge is 0.406 e. The molecule has 32 heavy (non-hydrogen) atoms. The van der Waals surface area contributed by atoms with Crippen LogP contribution in [0.25, 0.3) is 0 Å². The highest BCUT2D eigenvalue weighted by atomic mass is 32.2. The number of ether oxygens (including phenoxy) is 1. The summed E-state index contributed by atoms with van der Waals surface area (Å²) in [6.45, 7) is 0.636. The molecule has 0 spiro atoms. The van der Waals surface area contributed by atoms with E-state index in [1.807, 2.05) is 0 Å². The van der Waals surface area contributed by atoms with Gasteiger partial charge in [0.25, 0.3) is 0 Å². The molecule has 0 unspecified atom stereocenters. The number of benzene rings is 2. The Balaban J connectivity index is 1.70. The van der Waals surface area contributed by atoms with Gasteiger partial charge in [-0.25, -0.2) is 17.5 Å². The third kappa shape index (κ3) is 8.35. The van der Waals surface area contributed by atoms with E-state index in [1.54, 1.807) is 30.1 Å². The Morgan fingerprint density at radius 2 is 1.72 bits per heavy atom. The van der Waals surface area contributed by atoms with Gasteiger partial charge in [-0.1, -0.05) is 12.1 Å². The highest BCUT2D eigenvalue weighted by Crippen LogP contribution is 2.23. The van der Waals surface area contributed by atoms with Crippen LogP contribution in [-0.2, 0) is 14.8 Å². The minimum Gasteiger partial charge on any atom is -0.406 e. The van der Waals surface area contributed by atoms with Crippen molar-refractivity contribution in [1.29, 1.82) is 0 Å². The van der Waals surface area contributed by atoms with E-state index < -0.39 is 22.1 Å². The second-order valence-electron chi connectivity index (χ2n) is 6.74. The molecule has 0 fully saturated rings. The summed E-state index contributed by atoms with van der Waals surface area (Å²) in [5, 5.41) is 2.64. The number of halogens is 4. The van der Waals surface area contributed by atoms with E-state index in [-0.39, 0.29) is 29.6 Å². The quantitative estimate of drug-likeness (QED) is 0.384. The van der Waals surface area contributed by atoms with Gasteiger partial charge in [-0.3, -0.25) is 4.79 Å². The second kappa shape index (κ2) is 11.1. The molecule has 0 radical (unpaired) electrons. The first-order valence-electron chi connectivity index (χ1n) is 9.56. The number of para-hydroxylation sites is 1. The lowest BCUT2D eigenvalue weighted by molar-refractivity contribution is -0.274.